The number of aromatic nitrogens is 1. The van der Waals surface area contributed by atoms with Crippen molar-refractivity contribution in [3.05, 3.63) is 58.9 Å². The molecule has 0 unspecified atom stereocenters. The molecule has 0 fully saturated rings. The number of nitrogens with one attached hydrogen (secondary N) is 1. The average Bonchev–Trinajstić information content (AvgIpc) is 2.86. The molecule has 3 N–H and O–H groups in total. The van der Waals surface area contributed by atoms with Gasteiger partial charge in [-0.05, 0) is 47.9 Å². The van der Waals surface area contributed by atoms with E-state index in [0.717, 1.165) is 27.7 Å². The number of hydrogen-bond acceptors (Lipinski definition) is 1. The van der Waals surface area contributed by atoms with E-state index in [9.17, 15) is 9.18 Å². The topological polar surface area (TPSA) is 58.9 Å². The molecule has 3 rings (SSSR count). The summed E-state index contributed by atoms with van der Waals surface area (Å²) < 4.78 is 13.1. The van der Waals surface area contributed by atoms with Crippen LogP contribution < -0.4 is 5.73 Å². The van der Waals surface area contributed by atoms with E-state index in [0.29, 0.717) is 11.4 Å². The van der Waals surface area contributed by atoms with Gasteiger partial charge in [0.05, 0.1) is 10.5 Å². The summed E-state index contributed by atoms with van der Waals surface area (Å²) >= 11 is 6.23. The van der Waals surface area contributed by atoms with Crippen molar-refractivity contribution >= 4 is 28.4 Å². The Morgan fingerprint density at radius 1 is 1.18 bits per heavy atom. The van der Waals surface area contributed by atoms with Crippen molar-refractivity contribution in [3.8, 4) is 11.3 Å². The Bertz CT molecular complexity index is 840. The predicted octanol–water partition coefficient (Wildman–Crippen LogP) is 4.05. The van der Waals surface area contributed by atoms with E-state index in [1.54, 1.807) is 18.2 Å². The Balaban J connectivity index is 2.18. The highest BCUT2D eigenvalue weighted by Gasteiger charge is 2.15. The summed E-state index contributed by atoms with van der Waals surface area (Å²) in [6, 6.07) is 11.8. The zero-order chi connectivity index (χ0) is 15.7. The number of benzene rings is 2. The molecule has 0 saturated heterocycles. The van der Waals surface area contributed by atoms with Gasteiger partial charge in [-0.15, -0.1) is 0 Å². The molecule has 1 heterocycles. The van der Waals surface area contributed by atoms with Crippen LogP contribution in [0.2, 0.25) is 5.02 Å². The van der Waals surface area contributed by atoms with Crippen LogP contribution in [0.25, 0.3) is 22.2 Å². The number of primary amides is 1. The SMILES string of the molecule is NC(=O)CCc1c(-c2ccc(F)cc2)[nH]c2c(Cl)cccc12. The first kappa shape index (κ1) is 14.6. The van der Waals surface area contributed by atoms with E-state index in [1.165, 1.54) is 12.1 Å². The third kappa shape index (κ3) is 2.70. The highest BCUT2D eigenvalue weighted by atomic mass is 35.5. The third-order valence-corrected chi connectivity index (χ3v) is 3.96. The van der Waals surface area contributed by atoms with Gasteiger partial charge >= 0.3 is 0 Å². The maximum absolute atomic E-state index is 13.1. The first-order valence-corrected chi connectivity index (χ1v) is 7.27. The summed E-state index contributed by atoms with van der Waals surface area (Å²) in [6.07, 6.45) is 0.746. The number of rotatable bonds is 4. The molecular weight excluding hydrogens is 303 g/mol. The van der Waals surface area contributed by atoms with Gasteiger partial charge in [0.1, 0.15) is 5.82 Å². The number of H-pyrrole nitrogens is 1. The molecule has 0 saturated carbocycles. The minimum Gasteiger partial charge on any atom is -0.370 e. The molecule has 0 spiro atoms. The van der Waals surface area contributed by atoms with Crippen LogP contribution in [0.5, 0.6) is 0 Å². The zero-order valence-corrected chi connectivity index (χ0v) is 12.5. The maximum Gasteiger partial charge on any atom is 0.217 e. The van der Waals surface area contributed by atoms with Crippen LogP contribution in [0.1, 0.15) is 12.0 Å². The van der Waals surface area contributed by atoms with E-state index in [1.807, 2.05) is 12.1 Å². The largest absolute Gasteiger partial charge is 0.370 e. The Hall–Kier alpha value is -2.33. The number of aryl methyl sites for hydroxylation is 1. The van der Waals surface area contributed by atoms with Gasteiger partial charge in [0.2, 0.25) is 5.91 Å². The van der Waals surface area contributed by atoms with Crippen molar-refractivity contribution in [2.45, 2.75) is 12.8 Å². The third-order valence-electron chi connectivity index (χ3n) is 3.64. The normalized spacial score (nSPS) is 11.0. The number of carbonyl (C=O) groups excluding carboxylic acids is 1. The molecule has 1 aromatic heterocycles. The zero-order valence-electron chi connectivity index (χ0n) is 11.7. The van der Waals surface area contributed by atoms with Crippen molar-refractivity contribution < 1.29 is 9.18 Å². The Morgan fingerprint density at radius 2 is 1.91 bits per heavy atom. The molecule has 0 aliphatic carbocycles. The van der Waals surface area contributed by atoms with E-state index in [4.69, 9.17) is 17.3 Å². The van der Waals surface area contributed by atoms with Gasteiger partial charge in [-0.2, -0.15) is 0 Å². The molecule has 0 radical (unpaired) electrons. The summed E-state index contributed by atoms with van der Waals surface area (Å²) in [6.45, 7) is 0. The fourth-order valence-corrected chi connectivity index (χ4v) is 2.83. The van der Waals surface area contributed by atoms with Crippen LogP contribution in [-0.2, 0) is 11.2 Å². The van der Waals surface area contributed by atoms with Gasteiger partial charge in [0, 0.05) is 17.5 Å². The van der Waals surface area contributed by atoms with E-state index in [-0.39, 0.29) is 18.1 Å². The van der Waals surface area contributed by atoms with Gasteiger partial charge in [0.15, 0.2) is 0 Å². The Morgan fingerprint density at radius 3 is 2.59 bits per heavy atom. The minimum absolute atomic E-state index is 0.244. The molecule has 3 nitrogen and oxygen atoms in total. The van der Waals surface area contributed by atoms with Gasteiger partial charge in [-0.25, -0.2) is 4.39 Å². The number of hydrogen-bond donors (Lipinski definition) is 2. The molecule has 2 aromatic carbocycles. The summed E-state index contributed by atoms with van der Waals surface area (Å²) in [5, 5.41) is 1.55. The van der Waals surface area contributed by atoms with Crippen molar-refractivity contribution in [2.75, 3.05) is 0 Å². The number of fused-ring (bicyclic) bond motifs is 1. The van der Waals surface area contributed by atoms with E-state index >= 15 is 0 Å². The van der Waals surface area contributed by atoms with Gasteiger partial charge < -0.3 is 10.7 Å². The predicted molar refractivity (Wildman–Crippen MR) is 86.2 cm³/mol. The van der Waals surface area contributed by atoms with E-state index in [2.05, 4.69) is 4.98 Å². The minimum atomic E-state index is -0.360. The average molecular weight is 317 g/mol. The van der Waals surface area contributed by atoms with Gasteiger partial charge in [0.25, 0.3) is 0 Å². The van der Waals surface area contributed by atoms with Gasteiger partial charge in [-0.1, -0.05) is 23.7 Å². The fraction of sp³-hybridized carbons (Fsp3) is 0.118. The number of carbonyl (C=O) groups is 1. The van der Waals surface area contributed by atoms with Gasteiger partial charge in [-0.3, -0.25) is 4.79 Å². The Kier molecular flexibility index (Phi) is 3.86. The molecule has 0 aliphatic heterocycles. The number of halogens is 2. The van der Waals surface area contributed by atoms with E-state index < -0.39 is 0 Å². The van der Waals surface area contributed by atoms with Crippen molar-refractivity contribution in [1.82, 2.24) is 4.98 Å². The highest BCUT2D eigenvalue weighted by molar-refractivity contribution is 6.35. The number of nitrogens with two attached hydrogens (primary N) is 1. The van der Waals surface area contributed by atoms with Crippen molar-refractivity contribution in [2.24, 2.45) is 5.73 Å². The first-order chi connectivity index (χ1) is 10.6. The quantitative estimate of drug-likeness (QED) is 0.749. The second-order valence-corrected chi connectivity index (χ2v) is 5.52. The lowest BCUT2D eigenvalue weighted by Crippen LogP contribution is -2.11. The Labute approximate surface area is 131 Å². The number of para-hydroxylation sites is 1. The van der Waals surface area contributed by atoms with Crippen LogP contribution >= 0.6 is 11.6 Å². The second kappa shape index (κ2) is 5.81. The lowest BCUT2D eigenvalue weighted by molar-refractivity contribution is -0.117. The van der Waals surface area contributed by atoms with Crippen LogP contribution in [0, 0.1) is 5.82 Å². The number of amides is 1. The second-order valence-electron chi connectivity index (χ2n) is 5.11. The smallest absolute Gasteiger partial charge is 0.217 e. The molecule has 112 valence electrons. The molecule has 1 amide bonds. The standard InChI is InChI=1S/C17H14ClFN2O/c18-14-3-1-2-12-13(8-9-15(20)22)16(21-17(12)14)10-4-6-11(19)7-5-10/h1-7,21H,8-9H2,(H2,20,22). The molecule has 0 aliphatic rings. The van der Waals surface area contributed by atoms with Crippen LogP contribution in [-0.4, -0.2) is 10.9 Å². The summed E-state index contributed by atoms with van der Waals surface area (Å²) in [5.74, 6) is -0.655. The summed E-state index contributed by atoms with van der Waals surface area (Å²) in [7, 11) is 0. The maximum atomic E-state index is 13.1. The van der Waals surface area contributed by atoms with Crippen LogP contribution in [0.3, 0.4) is 0 Å². The molecule has 5 heteroatoms. The first-order valence-electron chi connectivity index (χ1n) is 6.89. The lowest BCUT2D eigenvalue weighted by Gasteiger charge is -2.04. The van der Waals surface area contributed by atoms with Crippen molar-refractivity contribution in [3.63, 3.8) is 0 Å². The molecule has 3 aromatic rings. The molecular formula is C17H14ClFN2O. The lowest BCUT2D eigenvalue weighted by atomic mass is 10.0. The monoisotopic (exact) mass is 316 g/mol. The highest BCUT2D eigenvalue weighted by Crippen LogP contribution is 2.34. The summed E-state index contributed by atoms with van der Waals surface area (Å²) in [4.78, 5) is 14.4. The van der Waals surface area contributed by atoms with Crippen LogP contribution in [0.4, 0.5) is 4.39 Å². The van der Waals surface area contributed by atoms with Crippen molar-refractivity contribution in [1.29, 1.82) is 0 Å². The molecule has 22 heavy (non-hydrogen) atoms. The fourth-order valence-electron chi connectivity index (χ4n) is 2.61. The van der Waals surface area contributed by atoms with Crippen LogP contribution in [0.15, 0.2) is 42.5 Å². The molecule has 0 bridgehead atoms. The molecule has 0 atom stereocenters. The summed E-state index contributed by atoms with van der Waals surface area (Å²) in [5.41, 5.74) is 8.71. The number of aromatic amines is 1.